The van der Waals surface area contributed by atoms with Gasteiger partial charge < -0.3 is 9.88 Å². The zero-order valence-electron chi connectivity index (χ0n) is 12.8. The number of benzene rings is 1. The minimum atomic E-state index is -3.60. The second kappa shape index (κ2) is 6.93. The largest absolute Gasteiger partial charge is 0.350 e. The molecule has 0 aliphatic heterocycles. The van der Waals surface area contributed by atoms with Gasteiger partial charge in [-0.3, -0.25) is 4.79 Å². The number of hydrogen-bond donors (Lipinski definition) is 2. The van der Waals surface area contributed by atoms with E-state index < -0.39 is 15.9 Å². The zero-order valence-corrected chi connectivity index (χ0v) is 13.7. The summed E-state index contributed by atoms with van der Waals surface area (Å²) in [6.07, 6.45) is 1.71. The summed E-state index contributed by atoms with van der Waals surface area (Å²) in [6, 6.07) is 7.65. The summed E-state index contributed by atoms with van der Waals surface area (Å²) < 4.78 is 40.6. The molecule has 2 aromatic rings. The van der Waals surface area contributed by atoms with Gasteiger partial charge in [0, 0.05) is 19.8 Å². The van der Waals surface area contributed by atoms with Gasteiger partial charge in [-0.05, 0) is 31.2 Å². The van der Waals surface area contributed by atoms with Gasteiger partial charge in [0.1, 0.15) is 16.4 Å². The van der Waals surface area contributed by atoms with Crippen LogP contribution >= 0.6 is 0 Å². The average Bonchev–Trinajstić information content (AvgIpc) is 2.92. The Hall–Kier alpha value is -2.19. The Morgan fingerprint density at radius 3 is 2.65 bits per heavy atom. The molecule has 8 heteroatoms. The number of sulfonamides is 1. The quantitative estimate of drug-likeness (QED) is 0.825. The minimum Gasteiger partial charge on any atom is -0.350 e. The first-order chi connectivity index (χ1) is 10.8. The third-order valence-electron chi connectivity index (χ3n) is 3.43. The normalized spacial score (nSPS) is 11.4. The molecule has 0 aliphatic carbocycles. The third-order valence-corrected chi connectivity index (χ3v) is 4.81. The summed E-state index contributed by atoms with van der Waals surface area (Å²) in [5.74, 6) is -0.732. The molecule has 6 nitrogen and oxygen atoms in total. The minimum absolute atomic E-state index is 0.0155. The Kier molecular flexibility index (Phi) is 5.17. The maximum atomic E-state index is 13.5. The number of nitrogens with zero attached hydrogens (tertiary/aromatic N) is 1. The van der Waals surface area contributed by atoms with E-state index in [4.69, 9.17) is 0 Å². The molecular weight excluding hydrogens is 321 g/mol. The molecule has 0 atom stereocenters. The summed E-state index contributed by atoms with van der Waals surface area (Å²) in [7, 11) is -0.717. The molecular formula is C15H18FN3O3S. The fraction of sp³-hybridized carbons (Fsp3) is 0.267. The highest BCUT2D eigenvalue weighted by atomic mass is 32.2. The van der Waals surface area contributed by atoms with Crippen LogP contribution in [-0.2, 0) is 23.5 Å². The van der Waals surface area contributed by atoms with Crippen molar-refractivity contribution in [3.8, 4) is 0 Å². The second-order valence-corrected chi connectivity index (χ2v) is 6.86. The third kappa shape index (κ3) is 3.96. The molecule has 1 heterocycles. The van der Waals surface area contributed by atoms with E-state index in [0.717, 1.165) is 0 Å². The molecule has 0 spiro atoms. The van der Waals surface area contributed by atoms with Gasteiger partial charge in [-0.2, -0.15) is 0 Å². The van der Waals surface area contributed by atoms with Gasteiger partial charge in [-0.25, -0.2) is 17.5 Å². The van der Waals surface area contributed by atoms with Gasteiger partial charge in [0.05, 0.1) is 0 Å². The lowest BCUT2D eigenvalue weighted by atomic mass is 10.1. The number of nitrogens with one attached hydrogen (secondary N) is 2. The molecule has 0 saturated carbocycles. The molecule has 2 N–H and O–H groups in total. The van der Waals surface area contributed by atoms with Crippen LogP contribution in [-0.4, -0.2) is 32.5 Å². The Morgan fingerprint density at radius 2 is 2.00 bits per heavy atom. The summed E-state index contributed by atoms with van der Waals surface area (Å²) in [6.45, 7) is 0.249. The lowest BCUT2D eigenvalue weighted by molar-refractivity contribution is 0.0946. The van der Waals surface area contributed by atoms with Crippen molar-refractivity contribution in [2.24, 2.45) is 7.05 Å². The van der Waals surface area contributed by atoms with Gasteiger partial charge in [-0.15, -0.1) is 0 Å². The number of rotatable bonds is 6. The van der Waals surface area contributed by atoms with E-state index in [9.17, 15) is 17.6 Å². The van der Waals surface area contributed by atoms with Crippen LogP contribution in [0.15, 0.2) is 41.4 Å². The first-order valence-corrected chi connectivity index (χ1v) is 8.45. The highest BCUT2D eigenvalue weighted by Gasteiger charge is 2.18. The fourth-order valence-electron chi connectivity index (χ4n) is 2.13. The Morgan fingerprint density at radius 1 is 1.30 bits per heavy atom. The van der Waals surface area contributed by atoms with E-state index >= 15 is 0 Å². The summed E-state index contributed by atoms with van der Waals surface area (Å²) in [5.41, 5.74) is 0.727. The SMILES string of the molecule is CNS(=O)(=O)c1cc(C(=O)NCCc2ccccc2F)n(C)c1. The van der Waals surface area contributed by atoms with E-state index in [1.54, 1.807) is 25.2 Å². The first-order valence-electron chi connectivity index (χ1n) is 6.96. The van der Waals surface area contributed by atoms with Crippen LogP contribution in [0, 0.1) is 5.82 Å². The Labute approximate surface area is 134 Å². The molecule has 124 valence electrons. The number of amides is 1. The zero-order chi connectivity index (χ0) is 17.0. The topological polar surface area (TPSA) is 80.2 Å². The number of aromatic nitrogens is 1. The molecule has 1 amide bonds. The van der Waals surface area contributed by atoms with Crippen molar-refractivity contribution in [3.05, 3.63) is 53.6 Å². The molecule has 0 radical (unpaired) electrons. The Bertz CT molecular complexity index is 815. The van der Waals surface area contributed by atoms with E-state index in [1.165, 1.54) is 29.9 Å². The lowest BCUT2D eigenvalue weighted by Gasteiger charge is -2.06. The lowest BCUT2D eigenvalue weighted by Crippen LogP contribution is -2.27. The van der Waals surface area contributed by atoms with Crippen molar-refractivity contribution in [1.82, 2.24) is 14.6 Å². The van der Waals surface area contributed by atoms with Crippen LogP contribution in [0.2, 0.25) is 0 Å². The molecule has 1 aromatic carbocycles. The van der Waals surface area contributed by atoms with E-state index in [2.05, 4.69) is 10.0 Å². The monoisotopic (exact) mass is 339 g/mol. The smallest absolute Gasteiger partial charge is 0.267 e. The van der Waals surface area contributed by atoms with E-state index in [0.29, 0.717) is 12.0 Å². The predicted octanol–water partition coefficient (Wildman–Crippen LogP) is 1.04. The van der Waals surface area contributed by atoms with Crippen molar-refractivity contribution >= 4 is 15.9 Å². The molecule has 0 unspecified atom stereocenters. The van der Waals surface area contributed by atoms with Crippen molar-refractivity contribution in [1.29, 1.82) is 0 Å². The molecule has 2 rings (SSSR count). The summed E-state index contributed by atoms with van der Waals surface area (Å²) in [5, 5.41) is 2.66. The van der Waals surface area contributed by atoms with Crippen molar-refractivity contribution in [3.63, 3.8) is 0 Å². The number of halogens is 1. The van der Waals surface area contributed by atoms with Gasteiger partial charge >= 0.3 is 0 Å². The van der Waals surface area contributed by atoms with Gasteiger partial charge in [-0.1, -0.05) is 18.2 Å². The van der Waals surface area contributed by atoms with Crippen LogP contribution in [0.1, 0.15) is 16.1 Å². The molecule has 1 aromatic heterocycles. The van der Waals surface area contributed by atoms with Gasteiger partial charge in [0.2, 0.25) is 10.0 Å². The van der Waals surface area contributed by atoms with Crippen molar-refractivity contribution in [2.75, 3.05) is 13.6 Å². The molecule has 0 aliphatic rings. The fourth-order valence-corrected chi connectivity index (χ4v) is 2.93. The van der Waals surface area contributed by atoms with E-state index in [1.807, 2.05) is 0 Å². The van der Waals surface area contributed by atoms with Crippen molar-refractivity contribution < 1.29 is 17.6 Å². The first kappa shape index (κ1) is 17.2. The van der Waals surface area contributed by atoms with Crippen LogP contribution in [0.25, 0.3) is 0 Å². The second-order valence-electron chi connectivity index (χ2n) is 4.98. The van der Waals surface area contributed by atoms with Crippen LogP contribution in [0.3, 0.4) is 0 Å². The standard InChI is InChI=1S/C15H18FN3O3S/c1-17-23(21,22)12-9-14(19(2)10-12)15(20)18-8-7-11-5-3-4-6-13(11)16/h3-6,9-10,17H,7-8H2,1-2H3,(H,18,20). The number of hydrogen-bond acceptors (Lipinski definition) is 3. The predicted molar refractivity (Wildman–Crippen MR) is 84.1 cm³/mol. The maximum Gasteiger partial charge on any atom is 0.267 e. The maximum absolute atomic E-state index is 13.5. The van der Waals surface area contributed by atoms with E-state index in [-0.39, 0.29) is 23.0 Å². The molecule has 0 bridgehead atoms. The number of carbonyl (C=O) groups excluding carboxylic acids is 1. The van der Waals surface area contributed by atoms with Crippen LogP contribution in [0.5, 0.6) is 0 Å². The van der Waals surface area contributed by atoms with Gasteiger partial charge in [0.15, 0.2) is 0 Å². The van der Waals surface area contributed by atoms with Crippen LogP contribution < -0.4 is 10.0 Å². The number of carbonyl (C=O) groups is 1. The Balaban J connectivity index is 2.03. The highest BCUT2D eigenvalue weighted by molar-refractivity contribution is 7.89. The highest BCUT2D eigenvalue weighted by Crippen LogP contribution is 2.13. The molecule has 0 fully saturated rings. The summed E-state index contributed by atoms with van der Waals surface area (Å²) in [4.78, 5) is 12.1. The van der Waals surface area contributed by atoms with Gasteiger partial charge in [0.25, 0.3) is 5.91 Å². The average molecular weight is 339 g/mol. The van der Waals surface area contributed by atoms with Crippen LogP contribution in [0.4, 0.5) is 4.39 Å². The molecule has 23 heavy (non-hydrogen) atoms. The molecule has 0 saturated heterocycles. The summed E-state index contributed by atoms with van der Waals surface area (Å²) >= 11 is 0. The van der Waals surface area contributed by atoms with Crippen molar-refractivity contribution in [2.45, 2.75) is 11.3 Å². The number of aryl methyl sites for hydroxylation is 1.